The van der Waals surface area contributed by atoms with Gasteiger partial charge in [-0.15, -0.1) is 0 Å². The van der Waals surface area contributed by atoms with Crippen molar-refractivity contribution in [3.05, 3.63) is 101 Å². The lowest BCUT2D eigenvalue weighted by atomic mass is 10.0. The lowest BCUT2D eigenvalue weighted by molar-refractivity contribution is 0.103. The predicted molar refractivity (Wildman–Crippen MR) is 113 cm³/mol. The van der Waals surface area contributed by atoms with E-state index in [1.54, 1.807) is 42.5 Å². The van der Waals surface area contributed by atoms with Crippen molar-refractivity contribution in [1.29, 1.82) is 0 Å². The number of carbonyl (C=O) groups is 1. The Morgan fingerprint density at radius 2 is 1.48 bits per heavy atom. The van der Waals surface area contributed by atoms with E-state index in [0.717, 1.165) is 11.1 Å². The quantitative estimate of drug-likeness (QED) is 0.456. The fraction of sp³-hybridized carbons (Fsp3) is 0.0833. The number of benzene rings is 3. The number of pyridine rings is 1. The van der Waals surface area contributed by atoms with Gasteiger partial charge in [0.15, 0.2) is 5.78 Å². The molecular formula is C24H19NO3S. The molecule has 0 aliphatic carbocycles. The monoisotopic (exact) mass is 401 g/mol. The van der Waals surface area contributed by atoms with E-state index in [1.807, 2.05) is 32.0 Å². The van der Waals surface area contributed by atoms with Crippen molar-refractivity contribution in [1.82, 2.24) is 4.98 Å². The van der Waals surface area contributed by atoms with Gasteiger partial charge in [-0.1, -0.05) is 59.7 Å². The summed E-state index contributed by atoms with van der Waals surface area (Å²) in [5.74, 6) is -0.365. The first kappa shape index (κ1) is 19.0. The van der Waals surface area contributed by atoms with Gasteiger partial charge in [-0.3, -0.25) is 9.78 Å². The molecule has 0 spiro atoms. The maximum Gasteiger partial charge on any atom is 0.208 e. The van der Waals surface area contributed by atoms with E-state index in [0.29, 0.717) is 16.5 Å². The molecule has 0 amide bonds. The van der Waals surface area contributed by atoms with Crippen LogP contribution in [0, 0.1) is 13.8 Å². The van der Waals surface area contributed by atoms with Crippen LogP contribution in [-0.2, 0) is 9.84 Å². The molecule has 0 aliphatic rings. The average molecular weight is 401 g/mol. The molecule has 0 fully saturated rings. The van der Waals surface area contributed by atoms with Crippen molar-refractivity contribution in [3.8, 4) is 0 Å². The summed E-state index contributed by atoms with van der Waals surface area (Å²) in [5.41, 5.74) is 2.95. The van der Waals surface area contributed by atoms with Crippen molar-refractivity contribution >= 4 is 26.5 Å². The highest BCUT2D eigenvalue weighted by atomic mass is 32.2. The van der Waals surface area contributed by atoms with Gasteiger partial charge in [0.2, 0.25) is 9.84 Å². The minimum absolute atomic E-state index is 0.00275. The SMILES string of the molecule is Cc1ccc(C(=O)c2cnc3ccc(C)cc3c2S(=O)(=O)c2ccccc2)cc1. The van der Waals surface area contributed by atoms with Crippen LogP contribution in [0.3, 0.4) is 0 Å². The summed E-state index contributed by atoms with van der Waals surface area (Å²) in [7, 11) is -3.94. The van der Waals surface area contributed by atoms with Crippen molar-refractivity contribution < 1.29 is 13.2 Å². The molecule has 0 unspecified atom stereocenters. The van der Waals surface area contributed by atoms with Crippen molar-refractivity contribution in [2.75, 3.05) is 0 Å². The number of aromatic nitrogens is 1. The van der Waals surface area contributed by atoms with Crippen LogP contribution in [0.5, 0.6) is 0 Å². The van der Waals surface area contributed by atoms with Gasteiger partial charge < -0.3 is 0 Å². The number of carbonyl (C=O) groups excluding carboxylic acids is 1. The number of hydrogen-bond donors (Lipinski definition) is 0. The molecule has 4 nitrogen and oxygen atoms in total. The number of rotatable bonds is 4. The van der Waals surface area contributed by atoms with Gasteiger partial charge in [-0.25, -0.2) is 8.42 Å². The second-order valence-electron chi connectivity index (χ2n) is 7.03. The lowest BCUT2D eigenvalue weighted by Gasteiger charge is -2.14. The van der Waals surface area contributed by atoms with Crippen molar-refractivity contribution in [2.45, 2.75) is 23.6 Å². The van der Waals surface area contributed by atoms with Gasteiger partial charge in [0, 0.05) is 17.1 Å². The van der Waals surface area contributed by atoms with Crippen LogP contribution >= 0.6 is 0 Å². The molecule has 5 heteroatoms. The van der Waals surface area contributed by atoms with Crippen molar-refractivity contribution in [3.63, 3.8) is 0 Å². The van der Waals surface area contributed by atoms with E-state index in [-0.39, 0.29) is 21.1 Å². The highest BCUT2D eigenvalue weighted by Gasteiger charge is 2.28. The molecule has 144 valence electrons. The molecule has 4 rings (SSSR count). The van der Waals surface area contributed by atoms with E-state index in [2.05, 4.69) is 4.98 Å². The molecule has 0 N–H and O–H groups in total. The standard InChI is InChI=1S/C24H19NO3S/c1-16-8-11-18(12-9-16)23(26)21-15-25-22-13-10-17(2)14-20(22)24(21)29(27,28)19-6-4-3-5-7-19/h3-15H,1-2H3. The van der Waals surface area contributed by atoms with E-state index in [1.165, 1.54) is 18.3 Å². The minimum Gasteiger partial charge on any atom is -0.289 e. The summed E-state index contributed by atoms with van der Waals surface area (Å²) in [6, 6.07) is 20.7. The Morgan fingerprint density at radius 3 is 2.17 bits per heavy atom. The summed E-state index contributed by atoms with van der Waals surface area (Å²) in [6.45, 7) is 3.81. The van der Waals surface area contributed by atoms with Crippen LogP contribution < -0.4 is 0 Å². The highest BCUT2D eigenvalue weighted by molar-refractivity contribution is 7.91. The maximum atomic E-state index is 13.6. The molecule has 3 aromatic carbocycles. The van der Waals surface area contributed by atoms with Crippen LogP contribution in [0.25, 0.3) is 10.9 Å². The largest absolute Gasteiger partial charge is 0.289 e. The molecule has 0 atom stereocenters. The van der Waals surface area contributed by atoms with Gasteiger partial charge >= 0.3 is 0 Å². The summed E-state index contributed by atoms with van der Waals surface area (Å²) in [4.78, 5) is 17.8. The van der Waals surface area contributed by atoms with E-state index in [4.69, 9.17) is 0 Å². The smallest absolute Gasteiger partial charge is 0.208 e. The number of sulfone groups is 1. The third kappa shape index (κ3) is 3.45. The first-order valence-electron chi connectivity index (χ1n) is 9.19. The molecule has 0 aliphatic heterocycles. The molecule has 0 saturated heterocycles. The second-order valence-corrected chi connectivity index (χ2v) is 8.92. The van der Waals surface area contributed by atoms with Gasteiger partial charge in [-0.2, -0.15) is 0 Å². The second kappa shape index (κ2) is 7.26. The molecule has 29 heavy (non-hydrogen) atoms. The third-order valence-electron chi connectivity index (χ3n) is 4.85. The summed E-state index contributed by atoms with van der Waals surface area (Å²) in [6.07, 6.45) is 1.37. The Balaban J connectivity index is 2.04. The fourth-order valence-electron chi connectivity index (χ4n) is 3.31. The number of aryl methyl sites for hydroxylation is 2. The van der Waals surface area contributed by atoms with Crippen LogP contribution in [-0.4, -0.2) is 19.2 Å². The zero-order valence-electron chi connectivity index (χ0n) is 16.1. The minimum atomic E-state index is -3.94. The first-order valence-corrected chi connectivity index (χ1v) is 10.7. The normalized spacial score (nSPS) is 11.5. The number of nitrogens with zero attached hydrogens (tertiary/aromatic N) is 1. The molecular weight excluding hydrogens is 382 g/mol. The van der Waals surface area contributed by atoms with Crippen LogP contribution in [0.4, 0.5) is 0 Å². The molecule has 0 saturated carbocycles. The molecule has 1 heterocycles. The zero-order valence-corrected chi connectivity index (χ0v) is 16.9. The molecule has 4 aromatic rings. The van der Waals surface area contributed by atoms with Gasteiger partial charge in [0.25, 0.3) is 0 Å². The molecule has 0 bridgehead atoms. The van der Waals surface area contributed by atoms with Gasteiger partial charge in [-0.05, 0) is 38.1 Å². The Labute approximate surface area is 169 Å². The summed E-state index contributed by atoms with van der Waals surface area (Å²) in [5, 5.41) is 0.451. The van der Waals surface area contributed by atoms with Crippen LogP contribution in [0.15, 0.2) is 88.8 Å². The Morgan fingerprint density at radius 1 is 0.828 bits per heavy atom. The number of hydrogen-bond acceptors (Lipinski definition) is 4. The van der Waals surface area contributed by atoms with Crippen molar-refractivity contribution in [2.24, 2.45) is 0 Å². The average Bonchev–Trinajstić information content (AvgIpc) is 2.73. The van der Waals surface area contributed by atoms with Gasteiger partial charge in [0.05, 0.1) is 20.9 Å². The van der Waals surface area contributed by atoms with E-state index >= 15 is 0 Å². The lowest BCUT2D eigenvalue weighted by Crippen LogP contribution is -2.12. The Bertz CT molecular complexity index is 1330. The third-order valence-corrected chi connectivity index (χ3v) is 6.72. The topological polar surface area (TPSA) is 64.1 Å². The fourth-order valence-corrected chi connectivity index (χ4v) is 4.95. The Kier molecular flexibility index (Phi) is 4.76. The van der Waals surface area contributed by atoms with E-state index < -0.39 is 9.84 Å². The zero-order chi connectivity index (χ0) is 20.6. The highest BCUT2D eigenvalue weighted by Crippen LogP contribution is 2.32. The predicted octanol–water partition coefficient (Wildman–Crippen LogP) is 4.92. The van der Waals surface area contributed by atoms with Crippen LogP contribution in [0.1, 0.15) is 27.0 Å². The summed E-state index contributed by atoms with van der Waals surface area (Å²) >= 11 is 0. The molecule has 1 aromatic heterocycles. The summed E-state index contributed by atoms with van der Waals surface area (Å²) < 4.78 is 27.2. The number of fused-ring (bicyclic) bond motifs is 1. The molecule has 0 radical (unpaired) electrons. The number of ketones is 1. The Hall–Kier alpha value is -3.31. The first-order chi connectivity index (χ1) is 13.9. The van der Waals surface area contributed by atoms with Crippen LogP contribution in [0.2, 0.25) is 0 Å². The van der Waals surface area contributed by atoms with Gasteiger partial charge in [0.1, 0.15) is 0 Å². The maximum absolute atomic E-state index is 13.6. The van der Waals surface area contributed by atoms with E-state index in [9.17, 15) is 13.2 Å².